The van der Waals surface area contributed by atoms with Crippen molar-refractivity contribution in [3.8, 4) is 0 Å². The first kappa shape index (κ1) is 16.3. The zero-order valence-electron chi connectivity index (χ0n) is 13.8. The second-order valence-corrected chi connectivity index (χ2v) is 7.14. The number of nitrogens with zero attached hydrogens (tertiary/aromatic N) is 1. The predicted molar refractivity (Wildman–Crippen MR) is 80.7 cm³/mol. The van der Waals surface area contributed by atoms with Gasteiger partial charge >= 0.3 is 0 Å². The van der Waals surface area contributed by atoms with Crippen molar-refractivity contribution in [2.24, 2.45) is 5.92 Å². The summed E-state index contributed by atoms with van der Waals surface area (Å²) in [7, 11) is 1.72. The summed E-state index contributed by atoms with van der Waals surface area (Å²) in [5.74, 6) is 0.0959. The summed E-state index contributed by atoms with van der Waals surface area (Å²) in [5, 5.41) is 2.89. The average molecular weight is 296 g/mol. The molecule has 0 bridgehead atoms. The molecule has 0 radical (unpaired) electrons. The fourth-order valence-corrected chi connectivity index (χ4v) is 3.57. The van der Waals surface area contributed by atoms with Gasteiger partial charge in [-0.25, -0.2) is 0 Å². The van der Waals surface area contributed by atoms with Gasteiger partial charge in [-0.15, -0.1) is 0 Å². The van der Waals surface area contributed by atoms with E-state index in [9.17, 15) is 9.59 Å². The summed E-state index contributed by atoms with van der Waals surface area (Å²) in [6.07, 6.45) is 4.04. The molecule has 1 N–H and O–H groups in total. The van der Waals surface area contributed by atoms with Gasteiger partial charge in [0.1, 0.15) is 11.6 Å². The maximum Gasteiger partial charge on any atom is 0.246 e. The Hall–Kier alpha value is -1.10. The van der Waals surface area contributed by atoms with Crippen LogP contribution in [0.25, 0.3) is 0 Å². The van der Waals surface area contributed by atoms with Gasteiger partial charge in [-0.3, -0.25) is 9.59 Å². The molecule has 1 saturated carbocycles. The summed E-state index contributed by atoms with van der Waals surface area (Å²) in [4.78, 5) is 27.2. The lowest BCUT2D eigenvalue weighted by molar-refractivity contribution is -0.162. The number of ether oxygens (including phenoxy) is 1. The third kappa shape index (κ3) is 2.93. The predicted octanol–water partition coefficient (Wildman–Crippen LogP) is 1.71. The van der Waals surface area contributed by atoms with Crippen LogP contribution in [0.2, 0.25) is 0 Å². The maximum absolute atomic E-state index is 12.9. The minimum absolute atomic E-state index is 0.0522. The maximum atomic E-state index is 12.9. The lowest BCUT2D eigenvalue weighted by Gasteiger charge is -2.50. The highest BCUT2D eigenvalue weighted by Gasteiger charge is 2.50. The van der Waals surface area contributed by atoms with E-state index < -0.39 is 11.6 Å². The van der Waals surface area contributed by atoms with Gasteiger partial charge in [0.25, 0.3) is 0 Å². The molecule has 120 valence electrons. The molecular formula is C16H28N2O3. The number of rotatable bonds is 3. The number of hydrogen-bond donors (Lipinski definition) is 1. The summed E-state index contributed by atoms with van der Waals surface area (Å²) in [6.45, 7) is 7.62. The van der Waals surface area contributed by atoms with Crippen molar-refractivity contribution in [2.75, 3.05) is 7.11 Å². The molecule has 3 unspecified atom stereocenters. The summed E-state index contributed by atoms with van der Waals surface area (Å²) < 4.78 is 5.48. The van der Waals surface area contributed by atoms with Gasteiger partial charge in [-0.2, -0.15) is 0 Å². The van der Waals surface area contributed by atoms with E-state index in [1.54, 1.807) is 7.11 Å². The molecule has 21 heavy (non-hydrogen) atoms. The first-order valence-corrected chi connectivity index (χ1v) is 7.96. The van der Waals surface area contributed by atoms with Crippen LogP contribution in [0, 0.1) is 5.92 Å². The molecular weight excluding hydrogens is 268 g/mol. The number of carbonyl (C=O) groups excluding carboxylic acids is 2. The lowest BCUT2D eigenvalue weighted by Crippen LogP contribution is -2.71. The molecule has 0 aromatic carbocycles. The Morgan fingerprint density at radius 1 is 1.29 bits per heavy atom. The fraction of sp³-hybridized carbons (Fsp3) is 0.875. The Morgan fingerprint density at radius 2 is 1.95 bits per heavy atom. The molecule has 3 atom stereocenters. The molecule has 0 aromatic rings. The quantitative estimate of drug-likeness (QED) is 0.862. The molecule has 1 aliphatic heterocycles. The molecule has 2 fully saturated rings. The van der Waals surface area contributed by atoms with Crippen molar-refractivity contribution in [1.29, 1.82) is 0 Å². The zero-order valence-corrected chi connectivity index (χ0v) is 13.8. The van der Waals surface area contributed by atoms with Crippen molar-refractivity contribution in [3.05, 3.63) is 0 Å². The van der Waals surface area contributed by atoms with Crippen LogP contribution in [0.3, 0.4) is 0 Å². The van der Waals surface area contributed by atoms with Gasteiger partial charge in [-0.1, -0.05) is 13.8 Å². The summed E-state index contributed by atoms with van der Waals surface area (Å²) in [6, 6.07) is -0.313. The Kier molecular flexibility index (Phi) is 4.61. The first-order chi connectivity index (χ1) is 9.78. The normalized spacial score (nSPS) is 33.2. The van der Waals surface area contributed by atoms with Crippen LogP contribution in [-0.4, -0.2) is 47.6 Å². The summed E-state index contributed by atoms with van der Waals surface area (Å²) in [5.41, 5.74) is -0.789. The van der Waals surface area contributed by atoms with E-state index in [1.807, 2.05) is 32.6 Å². The molecule has 5 heteroatoms. The van der Waals surface area contributed by atoms with Crippen molar-refractivity contribution >= 4 is 11.8 Å². The Labute approximate surface area is 127 Å². The van der Waals surface area contributed by atoms with Gasteiger partial charge in [0.2, 0.25) is 11.8 Å². The van der Waals surface area contributed by atoms with Crippen LogP contribution in [0.4, 0.5) is 0 Å². The Balaban J connectivity index is 2.27. The van der Waals surface area contributed by atoms with E-state index in [0.717, 1.165) is 25.7 Å². The molecule has 2 rings (SSSR count). The smallest absolute Gasteiger partial charge is 0.246 e. The molecule has 1 heterocycles. The highest BCUT2D eigenvalue weighted by Crippen LogP contribution is 2.33. The SMILES string of the molecule is COC1CCCC(N2C(=O)C(C(C)C)NC(=O)C2(C)C)C1. The average Bonchev–Trinajstić information content (AvgIpc) is 2.42. The van der Waals surface area contributed by atoms with Crippen LogP contribution >= 0.6 is 0 Å². The molecule has 5 nitrogen and oxygen atoms in total. The molecule has 1 saturated heterocycles. The highest BCUT2D eigenvalue weighted by molar-refractivity contribution is 5.99. The lowest BCUT2D eigenvalue weighted by atomic mass is 9.84. The van der Waals surface area contributed by atoms with E-state index in [-0.39, 0.29) is 29.9 Å². The van der Waals surface area contributed by atoms with Crippen LogP contribution in [0.15, 0.2) is 0 Å². The molecule has 0 aromatic heterocycles. The Morgan fingerprint density at radius 3 is 2.52 bits per heavy atom. The number of hydrogen-bond acceptors (Lipinski definition) is 3. The van der Waals surface area contributed by atoms with Crippen LogP contribution < -0.4 is 5.32 Å². The minimum atomic E-state index is -0.789. The van der Waals surface area contributed by atoms with Crippen molar-refractivity contribution in [3.63, 3.8) is 0 Å². The van der Waals surface area contributed by atoms with Gasteiger partial charge in [0, 0.05) is 13.2 Å². The van der Waals surface area contributed by atoms with Crippen LogP contribution in [0.5, 0.6) is 0 Å². The van der Waals surface area contributed by atoms with Crippen molar-refractivity contribution < 1.29 is 14.3 Å². The van der Waals surface area contributed by atoms with Gasteiger partial charge < -0.3 is 15.0 Å². The topological polar surface area (TPSA) is 58.6 Å². The zero-order chi connectivity index (χ0) is 15.8. The number of carbonyl (C=O) groups is 2. The highest BCUT2D eigenvalue weighted by atomic mass is 16.5. The summed E-state index contributed by atoms with van der Waals surface area (Å²) >= 11 is 0. The van der Waals surface area contributed by atoms with Crippen LogP contribution in [-0.2, 0) is 14.3 Å². The monoisotopic (exact) mass is 296 g/mol. The number of piperazine rings is 1. The molecule has 2 aliphatic rings. The molecule has 1 aliphatic carbocycles. The van der Waals surface area contributed by atoms with E-state index in [1.165, 1.54) is 0 Å². The Bertz CT molecular complexity index is 420. The second kappa shape index (κ2) is 5.95. The first-order valence-electron chi connectivity index (χ1n) is 7.96. The van der Waals surface area contributed by atoms with Crippen molar-refractivity contribution in [1.82, 2.24) is 10.2 Å². The number of amides is 2. The largest absolute Gasteiger partial charge is 0.381 e. The molecule has 2 amide bonds. The minimum Gasteiger partial charge on any atom is -0.381 e. The van der Waals surface area contributed by atoms with E-state index in [0.29, 0.717) is 0 Å². The van der Waals surface area contributed by atoms with Gasteiger partial charge in [0.15, 0.2) is 0 Å². The third-order valence-corrected chi connectivity index (χ3v) is 4.91. The van der Waals surface area contributed by atoms with E-state index in [4.69, 9.17) is 4.74 Å². The third-order valence-electron chi connectivity index (χ3n) is 4.91. The second-order valence-electron chi connectivity index (χ2n) is 7.14. The number of methoxy groups -OCH3 is 1. The van der Waals surface area contributed by atoms with E-state index >= 15 is 0 Å². The number of nitrogens with one attached hydrogen (secondary N) is 1. The van der Waals surface area contributed by atoms with Gasteiger partial charge in [0.05, 0.1) is 6.10 Å². The standard InChI is InChI=1S/C16H28N2O3/c1-10(2)13-14(19)18(16(3,4)15(20)17-13)11-7-6-8-12(9-11)21-5/h10-13H,6-9H2,1-5H3,(H,17,20). The van der Waals surface area contributed by atoms with Crippen LogP contribution in [0.1, 0.15) is 53.4 Å². The molecule has 0 spiro atoms. The fourth-order valence-electron chi connectivity index (χ4n) is 3.57. The van der Waals surface area contributed by atoms with E-state index in [2.05, 4.69) is 5.32 Å². The van der Waals surface area contributed by atoms with Crippen molar-refractivity contribution in [2.45, 2.75) is 77.1 Å². The van der Waals surface area contributed by atoms with Gasteiger partial charge in [-0.05, 0) is 45.4 Å².